The van der Waals surface area contributed by atoms with Gasteiger partial charge < -0.3 is 5.32 Å². The van der Waals surface area contributed by atoms with Crippen molar-refractivity contribution in [1.82, 2.24) is 10.7 Å². The number of thiophene rings is 1. The average molecular weight is 252 g/mol. The molecule has 0 saturated heterocycles. The summed E-state index contributed by atoms with van der Waals surface area (Å²) in [4.78, 5) is 4.49. The zero-order chi connectivity index (χ0) is 12.1. The minimum atomic E-state index is 0.536. The van der Waals surface area contributed by atoms with Crippen molar-refractivity contribution in [2.75, 3.05) is 0 Å². The van der Waals surface area contributed by atoms with E-state index in [1.54, 1.807) is 11.3 Å². The monoisotopic (exact) mass is 252 g/mol. The van der Waals surface area contributed by atoms with Crippen molar-refractivity contribution in [2.24, 2.45) is 10.8 Å². The van der Waals surface area contributed by atoms with Crippen LogP contribution in [0.3, 0.4) is 0 Å². The van der Waals surface area contributed by atoms with Gasteiger partial charge in [-0.05, 0) is 41.7 Å². The molecule has 1 aromatic rings. The summed E-state index contributed by atoms with van der Waals surface area (Å²) in [5.41, 5.74) is 5.23. The van der Waals surface area contributed by atoms with Crippen LogP contribution in [0.2, 0.25) is 0 Å². The van der Waals surface area contributed by atoms with Gasteiger partial charge in [0.2, 0.25) is 5.96 Å². The number of aliphatic imine (C=N–C) groups is 1. The van der Waals surface area contributed by atoms with E-state index in [1.165, 1.54) is 36.8 Å². The van der Waals surface area contributed by atoms with Crippen molar-refractivity contribution >= 4 is 17.3 Å². The quantitative estimate of drug-likeness (QED) is 0.333. The fourth-order valence-electron chi connectivity index (χ4n) is 2.11. The molecule has 0 unspecified atom stereocenters. The highest BCUT2D eigenvalue weighted by molar-refractivity contribution is 7.08. The van der Waals surface area contributed by atoms with Gasteiger partial charge >= 0.3 is 0 Å². The largest absolute Gasteiger partial charge is 0.353 e. The molecule has 94 valence electrons. The van der Waals surface area contributed by atoms with Gasteiger partial charge in [0.05, 0.1) is 6.54 Å². The maximum absolute atomic E-state index is 5.49. The number of aryl methyl sites for hydroxylation is 1. The Hall–Kier alpha value is -1.07. The predicted molar refractivity (Wildman–Crippen MR) is 72.9 cm³/mol. The lowest BCUT2D eigenvalue weighted by atomic mass is 10.2. The lowest BCUT2D eigenvalue weighted by molar-refractivity contribution is 0.614. The van der Waals surface area contributed by atoms with Crippen LogP contribution < -0.4 is 16.6 Å². The summed E-state index contributed by atoms with van der Waals surface area (Å²) < 4.78 is 0. The summed E-state index contributed by atoms with van der Waals surface area (Å²) in [5.74, 6) is 6.20. The van der Waals surface area contributed by atoms with E-state index in [4.69, 9.17) is 5.84 Å². The van der Waals surface area contributed by atoms with Crippen molar-refractivity contribution in [3.05, 3.63) is 21.9 Å². The van der Waals surface area contributed by atoms with E-state index in [0.29, 0.717) is 18.5 Å². The maximum atomic E-state index is 5.49. The summed E-state index contributed by atoms with van der Waals surface area (Å²) >= 11 is 1.72. The second kappa shape index (κ2) is 6.02. The lowest BCUT2D eigenvalue weighted by Gasteiger charge is -2.14. The standard InChI is InChI=1S/C12H20N4S/c1-9-7-17-8-10(9)6-14-12(16-13)15-11-4-2-3-5-11/h7-8,11H,2-6,13H2,1H3,(H2,14,15,16). The minimum absolute atomic E-state index is 0.536. The van der Waals surface area contributed by atoms with Gasteiger partial charge in [-0.25, -0.2) is 10.8 Å². The van der Waals surface area contributed by atoms with E-state index in [2.05, 4.69) is 33.4 Å². The van der Waals surface area contributed by atoms with Crippen molar-refractivity contribution in [3.8, 4) is 0 Å². The van der Waals surface area contributed by atoms with E-state index in [0.717, 1.165) is 0 Å². The third-order valence-corrected chi connectivity index (χ3v) is 4.11. The van der Waals surface area contributed by atoms with Crippen LogP contribution in [0.15, 0.2) is 15.8 Å². The zero-order valence-electron chi connectivity index (χ0n) is 10.2. The van der Waals surface area contributed by atoms with E-state index >= 15 is 0 Å². The van der Waals surface area contributed by atoms with E-state index in [1.807, 2.05) is 0 Å². The van der Waals surface area contributed by atoms with Crippen LogP contribution in [-0.2, 0) is 6.54 Å². The van der Waals surface area contributed by atoms with Crippen LogP contribution in [0, 0.1) is 6.92 Å². The second-order valence-electron chi connectivity index (χ2n) is 4.51. The minimum Gasteiger partial charge on any atom is -0.353 e. The molecule has 0 spiro atoms. The molecule has 1 saturated carbocycles. The molecule has 0 atom stereocenters. The number of hydrogen-bond donors (Lipinski definition) is 3. The molecule has 0 bridgehead atoms. The molecule has 4 nitrogen and oxygen atoms in total. The first-order valence-corrected chi connectivity index (χ1v) is 7.03. The third kappa shape index (κ3) is 3.44. The molecule has 5 heteroatoms. The molecular weight excluding hydrogens is 232 g/mol. The fraction of sp³-hybridized carbons (Fsp3) is 0.583. The second-order valence-corrected chi connectivity index (χ2v) is 5.26. The molecule has 1 aliphatic carbocycles. The van der Waals surface area contributed by atoms with Gasteiger partial charge in [-0.15, -0.1) is 0 Å². The average Bonchev–Trinajstić information content (AvgIpc) is 2.96. The Balaban J connectivity index is 1.90. The fourth-order valence-corrected chi connectivity index (χ4v) is 2.96. The van der Waals surface area contributed by atoms with Gasteiger partial charge in [0.25, 0.3) is 0 Å². The molecule has 1 aromatic heterocycles. The lowest BCUT2D eigenvalue weighted by Crippen LogP contribution is -2.45. The van der Waals surface area contributed by atoms with Gasteiger partial charge in [0, 0.05) is 6.04 Å². The maximum Gasteiger partial charge on any atom is 0.206 e. The smallest absolute Gasteiger partial charge is 0.206 e. The van der Waals surface area contributed by atoms with E-state index < -0.39 is 0 Å². The van der Waals surface area contributed by atoms with Crippen molar-refractivity contribution in [1.29, 1.82) is 0 Å². The molecule has 17 heavy (non-hydrogen) atoms. The van der Waals surface area contributed by atoms with Gasteiger partial charge in [-0.1, -0.05) is 12.8 Å². The van der Waals surface area contributed by atoms with Crippen molar-refractivity contribution in [3.63, 3.8) is 0 Å². The first kappa shape index (κ1) is 12.4. The Bertz CT molecular complexity index is 380. The molecule has 1 heterocycles. The summed E-state index contributed by atoms with van der Waals surface area (Å²) in [6.45, 7) is 2.80. The first-order chi connectivity index (χ1) is 8.29. The van der Waals surface area contributed by atoms with E-state index in [-0.39, 0.29) is 0 Å². The number of guanidine groups is 1. The topological polar surface area (TPSA) is 62.4 Å². The number of rotatable bonds is 3. The van der Waals surface area contributed by atoms with Gasteiger partial charge in [0.15, 0.2) is 0 Å². The number of hydrogen-bond acceptors (Lipinski definition) is 3. The van der Waals surface area contributed by atoms with Crippen LogP contribution in [0.1, 0.15) is 36.8 Å². The van der Waals surface area contributed by atoms with Crippen LogP contribution >= 0.6 is 11.3 Å². The molecule has 0 aliphatic heterocycles. The first-order valence-electron chi connectivity index (χ1n) is 6.09. The zero-order valence-corrected chi connectivity index (χ0v) is 11.0. The van der Waals surface area contributed by atoms with Crippen molar-refractivity contribution in [2.45, 2.75) is 45.2 Å². The number of nitrogens with zero attached hydrogens (tertiary/aromatic N) is 1. The highest BCUT2D eigenvalue weighted by Crippen LogP contribution is 2.17. The molecule has 0 aromatic carbocycles. The molecule has 0 amide bonds. The Morgan fingerprint density at radius 3 is 2.82 bits per heavy atom. The predicted octanol–water partition coefficient (Wildman–Crippen LogP) is 1.91. The highest BCUT2D eigenvalue weighted by atomic mass is 32.1. The van der Waals surface area contributed by atoms with Crippen LogP contribution in [0.25, 0.3) is 0 Å². The highest BCUT2D eigenvalue weighted by Gasteiger charge is 2.15. The molecule has 1 fully saturated rings. The van der Waals surface area contributed by atoms with Gasteiger partial charge in [0.1, 0.15) is 0 Å². The third-order valence-electron chi connectivity index (χ3n) is 3.20. The summed E-state index contributed by atoms with van der Waals surface area (Å²) in [6, 6.07) is 0.536. The van der Waals surface area contributed by atoms with Crippen LogP contribution in [0.4, 0.5) is 0 Å². The molecule has 1 aliphatic rings. The molecule has 4 N–H and O–H groups in total. The molecule has 0 radical (unpaired) electrons. The molecule has 2 rings (SSSR count). The van der Waals surface area contributed by atoms with Gasteiger partial charge in [-0.3, -0.25) is 5.43 Å². The van der Waals surface area contributed by atoms with Crippen LogP contribution in [-0.4, -0.2) is 12.0 Å². The summed E-state index contributed by atoms with van der Waals surface area (Å²) in [6.07, 6.45) is 5.05. The Labute approximate surface area is 106 Å². The van der Waals surface area contributed by atoms with Gasteiger partial charge in [-0.2, -0.15) is 11.3 Å². The van der Waals surface area contributed by atoms with E-state index in [9.17, 15) is 0 Å². The van der Waals surface area contributed by atoms with Crippen LogP contribution in [0.5, 0.6) is 0 Å². The molecular formula is C12H20N4S. The SMILES string of the molecule is Cc1cscc1CN=C(NN)NC1CCCC1. The Morgan fingerprint density at radius 1 is 1.47 bits per heavy atom. The number of hydrazine groups is 1. The number of nitrogens with one attached hydrogen (secondary N) is 2. The summed E-state index contributed by atoms with van der Waals surface area (Å²) in [5, 5.41) is 7.65. The Kier molecular flexibility index (Phi) is 4.39. The van der Waals surface area contributed by atoms with Crippen molar-refractivity contribution < 1.29 is 0 Å². The summed E-state index contributed by atoms with van der Waals surface area (Å²) in [7, 11) is 0. The number of nitrogens with two attached hydrogens (primary N) is 1. The normalized spacial score (nSPS) is 17.4. The Morgan fingerprint density at radius 2 is 2.24 bits per heavy atom.